The molecule has 0 saturated carbocycles. The lowest BCUT2D eigenvalue weighted by atomic mass is 9.81. The highest BCUT2D eigenvalue weighted by Gasteiger charge is 2.41. The fourth-order valence-electron chi connectivity index (χ4n) is 4.49. The number of aliphatic hydroxyl groups excluding tert-OH is 1. The lowest BCUT2D eigenvalue weighted by Crippen LogP contribution is -2.42. The van der Waals surface area contributed by atoms with Crippen LogP contribution in [0.15, 0.2) is 54.7 Å². The number of pyridine rings is 1. The number of aromatic nitrogens is 1. The SMILES string of the molecule is CCN(CCO)c1cc(-c2ccccc2C)c(N(C)C(=O)C(C)(C)c2cc(C(F)(F)F)cc(C(F)(F)F)c2)cn1. The zero-order valence-electron chi connectivity index (χ0n) is 22.8. The molecule has 0 fully saturated rings. The van der Waals surface area contributed by atoms with Crippen molar-refractivity contribution in [3.8, 4) is 11.1 Å². The Morgan fingerprint density at radius 1 is 0.900 bits per heavy atom. The van der Waals surface area contributed by atoms with Crippen molar-refractivity contribution >= 4 is 17.4 Å². The molecule has 3 aromatic rings. The highest BCUT2D eigenvalue weighted by atomic mass is 19.4. The van der Waals surface area contributed by atoms with Gasteiger partial charge in [0, 0.05) is 25.7 Å². The Labute approximate surface area is 229 Å². The zero-order chi connectivity index (χ0) is 30.0. The summed E-state index contributed by atoms with van der Waals surface area (Å²) >= 11 is 0. The summed E-state index contributed by atoms with van der Waals surface area (Å²) in [4.78, 5) is 21.3. The normalized spacial score (nSPS) is 12.4. The third-order valence-corrected chi connectivity index (χ3v) is 6.89. The number of halogens is 6. The van der Waals surface area contributed by atoms with Crippen LogP contribution in [-0.4, -0.2) is 42.7 Å². The van der Waals surface area contributed by atoms with Crippen LogP contribution < -0.4 is 9.80 Å². The Bertz CT molecular complexity index is 1340. The minimum atomic E-state index is -5.04. The molecule has 0 radical (unpaired) electrons. The van der Waals surface area contributed by atoms with E-state index in [1.807, 2.05) is 43.0 Å². The van der Waals surface area contributed by atoms with Crippen molar-refractivity contribution < 1.29 is 36.2 Å². The van der Waals surface area contributed by atoms with Gasteiger partial charge < -0.3 is 14.9 Å². The summed E-state index contributed by atoms with van der Waals surface area (Å²) in [5.41, 5.74) is -2.63. The highest BCUT2D eigenvalue weighted by molar-refractivity contribution is 6.03. The Morgan fingerprint density at radius 2 is 1.45 bits per heavy atom. The maximum Gasteiger partial charge on any atom is 0.416 e. The summed E-state index contributed by atoms with van der Waals surface area (Å²) in [6, 6.07) is 10.3. The molecule has 5 nitrogen and oxygen atoms in total. The number of nitrogens with zero attached hydrogens (tertiary/aromatic N) is 3. The predicted octanol–water partition coefficient (Wildman–Crippen LogP) is 6.85. The van der Waals surface area contributed by atoms with Crippen molar-refractivity contribution in [2.75, 3.05) is 36.5 Å². The molecule has 3 rings (SSSR count). The molecule has 1 amide bonds. The molecule has 0 aliphatic carbocycles. The van der Waals surface area contributed by atoms with Crippen LogP contribution in [0.4, 0.5) is 37.8 Å². The minimum Gasteiger partial charge on any atom is -0.395 e. The van der Waals surface area contributed by atoms with Gasteiger partial charge in [0.25, 0.3) is 0 Å². The van der Waals surface area contributed by atoms with Gasteiger partial charge in [-0.3, -0.25) is 4.79 Å². The zero-order valence-corrected chi connectivity index (χ0v) is 22.8. The summed E-state index contributed by atoms with van der Waals surface area (Å²) in [5, 5.41) is 9.45. The van der Waals surface area contributed by atoms with Crippen LogP contribution in [0.2, 0.25) is 0 Å². The second kappa shape index (κ2) is 11.5. The molecular formula is C29H31F6N3O2. The van der Waals surface area contributed by atoms with Crippen LogP contribution >= 0.6 is 0 Å². The van der Waals surface area contributed by atoms with Gasteiger partial charge in [-0.25, -0.2) is 4.98 Å². The molecule has 0 unspecified atom stereocenters. The van der Waals surface area contributed by atoms with E-state index in [0.29, 0.717) is 42.3 Å². The third-order valence-electron chi connectivity index (χ3n) is 6.89. The molecule has 0 bridgehead atoms. The first-order chi connectivity index (χ1) is 18.5. The van der Waals surface area contributed by atoms with Gasteiger partial charge >= 0.3 is 12.4 Å². The standard InChI is InChI=1S/C29H31F6N3O2/c1-6-38(11-12-39)25-16-23(22-10-8-7-9-18(22)2)24(17-36-25)37(5)26(40)27(3,4)19-13-20(28(30,31)32)15-21(14-19)29(33,34)35/h7-10,13-17,39H,6,11-12H2,1-5H3. The second-order valence-corrected chi connectivity index (χ2v) is 9.96. The van der Waals surface area contributed by atoms with Crippen molar-refractivity contribution in [3.05, 3.63) is 77.0 Å². The largest absolute Gasteiger partial charge is 0.416 e. The number of aryl methyl sites for hydroxylation is 1. The maximum atomic E-state index is 13.8. The van der Waals surface area contributed by atoms with E-state index in [1.165, 1.54) is 32.0 Å². The molecule has 11 heteroatoms. The molecular weight excluding hydrogens is 536 g/mol. The van der Waals surface area contributed by atoms with Crippen molar-refractivity contribution in [1.29, 1.82) is 0 Å². The van der Waals surface area contributed by atoms with Crippen molar-refractivity contribution in [2.24, 2.45) is 0 Å². The molecule has 0 aliphatic heterocycles. The van der Waals surface area contributed by atoms with Gasteiger partial charge in [0.1, 0.15) is 5.82 Å². The number of aliphatic hydroxyl groups is 1. The number of benzene rings is 2. The van der Waals surface area contributed by atoms with E-state index >= 15 is 0 Å². The highest BCUT2D eigenvalue weighted by Crippen LogP contribution is 2.41. The van der Waals surface area contributed by atoms with Crippen molar-refractivity contribution in [1.82, 2.24) is 4.98 Å². The first-order valence-electron chi connectivity index (χ1n) is 12.5. The Hall–Kier alpha value is -3.60. The van der Waals surface area contributed by atoms with Crippen LogP contribution in [-0.2, 0) is 22.6 Å². The number of anilines is 2. The lowest BCUT2D eigenvalue weighted by Gasteiger charge is -2.32. The number of carbonyl (C=O) groups excluding carboxylic acids is 1. The maximum absolute atomic E-state index is 13.8. The lowest BCUT2D eigenvalue weighted by molar-refractivity contribution is -0.143. The molecule has 0 atom stereocenters. The molecule has 0 spiro atoms. The first kappa shape index (κ1) is 30.9. The van der Waals surface area contributed by atoms with E-state index < -0.39 is 40.4 Å². The van der Waals surface area contributed by atoms with Crippen LogP contribution in [0.25, 0.3) is 11.1 Å². The molecule has 1 heterocycles. The number of amides is 1. The third kappa shape index (κ3) is 6.41. The summed E-state index contributed by atoms with van der Waals surface area (Å²) in [6.45, 7) is 7.08. The molecule has 1 N–H and O–H groups in total. The number of rotatable bonds is 8. The summed E-state index contributed by atoms with van der Waals surface area (Å²) in [7, 11) is 1.41. The van der Waals surface area contributed by atoms with E-state index in [0.717, 1.165) is 11.1 Å². The quantitative estimate of drug-likeness (QED) is 0.303. The molecule has 40 heavy (non-hydrogen) atoms. The van der Waals surface area contributed by atoms with Crippen LogP contribution in [0, 0.1) is 6.92 Å². The molecule has 0 aliphatic rings. The summed E-state index contributed by atoms with van der Waals surface area (Å²) < 4.78 is 81.1. The van der Waals surface area contributed by atoms with Gasteiger partial charge in [0.05, 0.1) is 35.0 Å². The van der Waals surface area contributed by atoms with Crippen LogP contribution in [0.5, 0.6) is 0 Å². The number of hydrogen-bond acceptors (Lipinski definition) is 4. The topological polar surface area (TPSA) is 56.7 Å². The summed E-state index contributed by atoms with van der Waals surface area (Å²) in [5.74, 6) is -0.196. The Kier molecular flexibility index (Phi) is 8.88. The smallest absolute Gasteiger partial charge is 0.395 e. The fourth-order valence-corrected chi connectivity index (χ4v) is 4.49. The summed E-state index contributed by atoms with van der Waals surface area (Å²) in [6.07, 6.45) is -8.64. The molecule has 216 valence electrons. The van der Waals surface area contributed by atoms with E-state index in [9.17, 15) is 36.2 Å². The van der Waals surface area contributed by atoms with E-state index in [-0.39, 0.29) is 12.7 Å². The monoisotopic (exact) mass is 567 g/mol. The molecule has 0 saturated heterocycles. The second-order valence-electron chi connectivity index (χ2n) is 9.96. The average molecular weight is 568 g/mol. The van der Waals surface area contributed by atoms with E-state index in [4.69, 9.17) is 0 Å². The van der Waals surface area contributed by atoms with Crippen LogP contribution in [0.3, 0.4) is 0 Å². The van der Waals surface area contributed by atoms with E-state index in [2.05, 4.69) is 4.98 Å². The average Bonchev–Trinajstić information content (AvgIpc) is 2.89. The van der Waals surface area contributed by atoms with Gasteiger partial charge in [-0.15, -0.1) is 0 Å². The van der Waals surface area contributed by atoms with Crippen molar-refractivity contribution in [3.63, 3.8) is 0 Å². The minimum absolute atomic E-state index is 0.0402. The number of likely N-dealkylation sites (N-methyl/N-ethyl adjacent to an activating group) is 2. The first-order valence-corrected chi connectivity index (χ1v) is 12.5. The van der Waals surface area contributed by atoms with Gasteiger partial charge in [-0.05, 0) is 68.7 Å². The van der Waals surface area contributed by atoms with Gasteiger partial charge in [0.15, 0.2) is 0 Å². The number of alkyl halides is 6. The fraction of sp³-hybridized carbons (Fsp3) is 0.379. The van der Waals surface area contributed by atoms with Crippen LogP contribution in [0.1, 0.15) is 43.0 Å². The Balaban J connectivity index is 2.17. The van der Waals surface area contributed by atoms with Gasteiger partial charge in [-0.1, -0.05) is 24.3 Å². The number of hydrogen-bond donors (Lipinski definition) is 1. The van der Waals surface area contributed by atoms with Gasteiger partial charge in [-0.2, -0.15) is 26.3 Å². The predicted molar refractivity (Wildman–Crippen MR) is 142 cm³/mol. The Morgan fingerprint density at radius 3 is 1.95 bits per heavy atom. The van der Waals surface area contributed by atoms with Crippen molar-refractivity contribution in [2.45, 2.75) is 45.5 Å². The van der Waals surface area contributed by atoms with Gasteiger partial charge in [0.2, 0.25) is 5.91 Å². The molecule has 2 aromatic carbocycles. The number of carbonyl (C=O) groups is 1. The van der Waals surface area contributed by atoms with E-state index in [1.54, 1.807) is 6.07 Å². The molecule has 1 aromatic heterocycles.